The van der Waals surface area contributed by atoms with Crippen LogP contribution >= 0.6 is 0 Å². The normalized spacial score (nSPS) is 11.6. The van der Waals surface area contributed by atoms with E-state index in [0.717, 1.165) is 33.7 Å². The topological polar surface area (TPSA) is 30.7 Å². The van der Waals surface area contributed by atoms with Gasteiger partial charge in [0.2, 0.25) is 0 Å². The van der Waals surface area contributed by atoms with Gasteiger partial charge in [-0.3, -0.25) is 0 Å². The summed E-state index contributed by atoms with van der Waals surface area (Å²) < 4.78 is 5.39. The summed E-state index contributed by atoms with van der Waals surface area (Å²) >= 11 is -0.663. The van der Waals surface area contributed by atoms with Gasteiger partial charge >= 0.3 is 282 Å². The van der Waals surface area contributed by atoms with E-state index in [-0.39, 0.29) is 20.1 Å². The zero-order chi connectivity index (χ0) is 43.0. The number of hydrogen-bond acceptors (Lipinski definition) is 2. The Morgan fingerprint density at radius 1 is 0.587 bits per heavy atom. The zero-order valence-electron chi connectivity index (χ0n) is 36.9. The summed E-state index contributed by atoms with van der Waals surface area (Å²) in [5.41, 5.74) is 14.4. The van der Waals surface area contributed by atoms with Gasteiger partial charge in [0.25, 0.3) is 0 Å². The molecule has 0 saturated carbocycles. The van der Waals surface area contributed by atoms with Gasteiger partial charge in [-0.15, -0.1) is 35.9 Å². The number of aromatic nitrogens is 3. The van der Waals surface area contributed by atoms with Crippen LogP contribution in [0.15, 0.2) is 170 Å². The summed E-state index contributed by atoms with van der Waals surface area (Å²) in [5, 5.41) is 4.11. The number of imidazole rings is 1. The molecule has 0 fully saturated rings. The van der Waals surface area contributed by atoms with Crippen LogP contribution < -0.4 is 5.19 Å². The van der Waals surface area contributed by atoms with Crippen molar-refractivity contribution in [3.05, 3.63) is 193 Å². The minimum Gasteiger partial charge on any atom is -0.305 e. The van der Waals surface area contributed by atoms with Gasteiger partial charge in [0.1, 0.15) is 0 Å². The zero-order valence-corrected chi connectivity index (χ0v) is 42.6. The first kappa shape index (κ1) is 44.4. The number of benzene rings is 7. The van der Waals surface area contributed by atoms with Crippen molar-refractivity contribution in [2.75, 3.05) is 0 Å². The molecule has 63 heavy (non-hydrogen) atoms. The second-order valence-corrected chi connectivity index (χ2v) is 25.8. The fraction of sp³-hybridized carbons (Fsp3) is 0.158. The van der Waals surface area contributed by atoms with E-state index in [9.17, 15) is 0 Å². The Bertz CT molecular complexity index is 3120. The molecule has 1 radical (unpaired) electrons. The van der Waals surface area contributed by atoms with Crippen LogP contribution in [0.3, 0.4) is 0 Å². The number of nitrogens with zero attached hydrogens (tertiary/aromatic N) is 3. The molecule has 0 spiro atoms. The SMILES string of the molecule is CC(C)c1cc(-c2ccccc2)cc(C(C)C)c1-n1c(-c2[c-]ccc3c2[te]c2cc(-c4ccccc4)ccc23)nc2ccccc21.C[Si](C)(C)c1ccc(-c2[c-]cccc2)nc1.[Ir]. The average Bonchev–Trinajstić information content (AvgIpc) is 3.88. The third kappa shape index (κ3) is 9.12. The molecule has 0 saturated heterocycles. The summed E-state index contributed by atoms with van der Waals surface area (Å²) in [6.45, 7) is 16.3. The Morgan fingerprint density at radius 3 is 1.86 bits per heavy atom. The van der Waals surface area contributed by atoms with Crippen LogP contribution in [0.1, 0.15) is 50.7 Å². The molecule has 0 unspecified atom stereocenters. The second-order valence-electron chi connectivity index (χ2n) is 17.7. The van der Waals surface area contributed by atoms with Crippen molar-refractivity contribution in [1.29, 1.82) is 0 Å². The van der Waals surface area contributed by atoms with Crippen LogP contribution in [-0.2, 0) is 20.1 Å². The van der Waals surface area contributed by atoms with Crippen molar-refractivity contribution >= 4 is 62.3 Å². The van der Waals surface area contributed by atoms with Crippen molar-refractivity contribution < 1.29 is 20.1 Å². The van der Waals surface area contributed by atoms with Gasteiger partial charge in [0.15, 0.2) is 0 Å². The standard InChI is InChI=1S/C43H35N2Te.C14H16NSi.Ir/c1-27(2)36-24-32(30-16-9-6-10-17-30)25-37(28(3)4)41(36)45-39-21-12-11-20-38(39)44-43(45)35-19-13-18-34-33-23-22-31(26-40(33)46-42(34)35)29-14-7-5-8-15-29;1-16(2,3)13-9-10-14(15-11-13)12-7-5-4-6-8-12;/h5-18,20-28H,1-4H3;4-7,9-11H,1-3H3;/q2*-1;. The summed E-state index contributed by atoms with van der Waals surface area (Å²) in [4.78, 5) is 9.92. The van der Waals surface area contributed by atoms with Crippen LogP contribution in [0.25, 0.3) is 79.2 Å². The van der Waals surface area contributed by atoms with Crippen LogP contribution in [-0.4, -0.2) is 43.0 Å². The predicted molar refractivity (Wildman–Crippen MR) is 268 cm³/mol. The van der Waals surface area contributed by atoms with Gasteiger partial charge in [-0.1, -0.05) is 31.8 Å². The van der Waals surface area contributed by atoms with Crippen LogP contribution in [0.4, 0.5) is 0 Å². The van der Waals surface area contributed by atoms with E-state index in [2.05, 4.69) is 209 Å². The fourth-order valence-electron chi connectivity index (χ4n) is 8.30. The maximum atomic E-state index is 5.40. The van der Waals surface area contributed by atoms with E-state index >= 15 is 0 Å². The average molecular weight is 1130 g/mol. The van der Waals surface area contributed by atoms with Crippen molar-refractivity contribution in [3.8, 4) is 50.6 Å². The second kappa shape index (κ2) is 18.9. The van der Waals surface area contributed by atoms with Gasteiger partial charge in [-0.2, -0.15) is 0 Å². The molecule has 0 atom stereocenters. The Kier molecular flexibility index (Phi) is 13.3. The molecule has 0 bridgehead atoms. The van der Waals surface area contributed by atoms with E-state index in [1.54, 1.807) is 0 Å². The van der Waals surface area contributed by atoms with E-state index < -0.39 is 28.5 Å². The molecule has 3 nitrogen and oxygen atoms in total. The largest absolute Gasteiger partial charge is 0.305 e. The first-order valence-electron chi connectivity index (χ1n) is 21.6. The predicted octanol–water partition coefficient (Wildman–Crippen LogP) is 14.5. The van der Waals surface area contributed by atoms with Crippen molar-refractivity contribution in [2.45, 2.75) is 59.2 Å². The molecule has 3 aromatic heterocycles. The smallest absolute Gasteiger partial charge is 0.0795 e. The third-order valence-electron chi connectivity index (χ3n) is 11.7. The minimum atomic E-state index is -1.23. The number of hydrogen-bond donors (Lipinski definition) is 0. The molecule has 0 amide bonds. The first-order valence-corrected chi connectivity index (χ1v) is 27.5. The van der Waals surface area contributed by atoms with Gasteiger partial charge in [-0.25, -0.2) is 0 Å². The maximum absolute atomic E-state index is 5.40. The van der Waals surface area contributed by atoms with E-state index in [1.165, 1.54) is 61.8 Å². The number of rotatable bonds is 8. The summed E-state index contributed by atoms with van der Waals surface area (Å²) in [6.07, 6.45) is 2.02. The summed E-state index contributed by atoms with van der Waals surface area (Å²) in [7, 11) is -1.23. The molecule has 0 aliphatic rings. The molecule has 0 aliphatic heterocycles. The molecule has 0 aliphatic carbocycles. The first-order chi connectivity index (χ1) is 30.0. The van der Waals surface area contributed by atoms with Crippen LogP contribution in [0, 0.1) is 12.1 Å². The minimum absolute atomic E-state index is 0. The number of fused-ring (bicyclic) bond motifs is 4. The molecule has 315 valence electrons. The number of para-hydroxylation sites is 2. The van der Waals surface area contributed by atoms with E-state index in [0.29, 0.717) is 11.8 Å². The molecule has 10 aromatic rings. The molecular weight excluding hydrogens is 1070 g/mol. The Morgan fingerprint density at radius 2 is 1.24 bits per heavy atom. The summed E-state index contributed by atoms with van der Waals surface area (Å²) in [6, 6.07) is 65.5. The third-order valence-corrected chi connectivity index (χ3v) is 17.1. The molecule has 3 heterocycles. The molecular formula is C57H51IrN3SiTe-2. The Hall–Kier alpha value is -5.18. The molecule has 7 aromatic carbocycles. The monoisotopic (exact) mass is 1130 g/mol. The van der Waals surface area contributed by atoms with Gasteiger partial charge in [-0.05, 0) is 10.9 Å². The van der Waals surface area contributed by atoms with Crippen molar-refractivity contribution in [1.82, 2.24) is 14.5 Å². The number of pyridine rings is 1. The van der Waals surface area contributed by atoms with Crippen LogP contribution in [0.2, 0.25) is 19.6 Å². The quantitative estimate of drug-likeness (QED) is 0.112. The van der Waals surface area contributed by atoms with Gasteiger partial charge < -0.3 is 4.98 Å². The summed E-state index contributed by atoms with van der Waals surface area (Å²) in [5.74, 6) is 1.64. The van der Waals surface area contributed by atoms with Gasteiger partial charge in [0.05, 0.1) is 8.07 Å². The van der Waals surface area contributed by atoms with E-state index in [4.69, 9.17) is 4.98 Å². The fourth-order valence-corrected chi connectivity index (χ4v) is 12.9. The molecule has 10 rings (SSSR count). The maximum Gasteiger partial charge on any atom is 0.0795 e. The van der Waals surface area contributed by atoms with Crippen molar-refractivity contribution in [3.63, 3.8) is 0 Å². The van der Waals surface area contributed by atoms with Crippen LogP contribution in [0.5, 0.6) is 0 Å². The Balaban J connectivity index is 0.000000271. The molecule has 6 heteroatoms. The van der Waals surface area contributed by atoms with Gasteiger partial charge in [0, 0.05) is 26.3 Å². The molecule has 0 N–H and O–H groups in total. The van der Waals surface area contributed by atoms with E-state index in [1.807, 2.05) is 30.5 Å². The van der Waals surface area contributed by atoms with Crippen molar-refractivity contribution in [2.24, 2.45) is 0 Å². The Labute approximate surface area is 396 Å².